The molecule has 1 heterocycles. The third-order valence-corrected chi connectivity index (χ3v) is 6.48. The number of hydrogen-bond acceptors (Lipinski definition) is 1. The largest absolute Gasteiger partial charge is 0.207 e. The molecule has 0 aliphatic carbocycles. The lowest BCUT2D eigenvalue weighted by Crippen LogP contribution is -1.97. The van der Waals surface area contributed by atoms with Crippen LogP contribution in [0.5, 0.6) is 0 Å². The van der Waals surface area contributed by atoms with E-state index in [1.54, 1.807) is 12.1 Å². The van der Waals surface area contributed by atoms with Crippen LogP contribution in [0, 0.1) is 5.82 Å². The summed E-state index contributed by atoms with van der Waals surface area (Å²) in [5.74, 6) is -0.284. The van der Waals surface area contributed by atoms with Gasteiger partial charge in [-0.25, -0.2) is 4.39 Å². The van der Waals surface area contributed by atoms with Crippen LogP contribution < -0.4 is 0 Å². The molecular formula is C12H7Br2Cl2FS. The Morgan fingerprint density at radius 2 is 2.06 bits per heavy atom. The molecule has 0 spiro atoms. The van der Waals surface area contributed by atoms with Crippen molar-refractivity contribution in [2.45, 2.75) is 11.2 Å². The van der Waals surface area contributed by atoms with Gasteiger partial charge in [-0.05, 0) is 40.5 Å². The molecule has 0 aliphatic rings. The summed E-state index contributed by atoms with van der Waals surface area (Å²) < 4.78 is 15.2. The highest BCUT2D eigenvalue weighted by atomic mass is 79.9. The summed E-state index contributed by atoms with van der Waals surface area (Å²) in [5, 5.41) is 0.446. The molecule has 18 heavy (non-hydrogen) atoms. The van der Waals surface area contributed by atoms with Gasteiger partial charge in [-0.15, -0.1) is 11.3 Å². The molecule has 0 bridgehead atoms. The molecule has 1 aromatic carbocycles. The molecule has 1 aromatic heterocycles. The molecule has 0 aliphatic heterocycles. The molecule has 6 heteroatoms. The molecule has 0 N–H and O–H groups in total. The van der Waals surface area contributed by atoms with Gasteiger partial charge in [0.05, 0.1) is 4.83 Å². The first-order valence-corrected chi connectivity index (χ1v) is 8.29. The van der Waals surface area contributed by atoms with Crippen molar-refractivity contribution in [2.24, 2.45) is 0 Å². The third-order valence-electron chi connectivity index (χ3n) is 2.42. The zero-order valence-electron chi connectivity index (χ0n) is 8.89. The lowest BCUT2D eigenvalue weighted by molar-refractivity contribution is 0.609. The molecule has 1 unspecified atom stereocenters. The average Bonchev–Trinajstić information content (AvgIpc) is 2.64. The number of halogens is 5. The lowest BCUT2D eigenvalue weighted by Gasteiger charge is -2.10. The van der Waals surface area contributed by atoms with Gasteiger partial charge in [0.2, 0.25) is 0 Å². The van der Waals surface area contributed by atoms with Crippen LogP contribution in [-0.2, 0) is 6.42 Å². The first kappa shape index (κ1) is 14.8. The maximum absolute atomic E-state index is 13.7. The highest BCUT2D eigenvalue weighted by Crippen LogP contribution is 2.40. The van der Waals surface area contributed by atoms with E-state index in [4.69, 9.17) is 23.2 Å². The summed E-state index contributed by atoms with van der Waals surface area (Å²) in [7, 11) is 0. The topological polar surface area (TPSA) is 0 Å². The second kappa shape index (κ2) is 6.23. The van der Waals surface area contributed by atoms with Gasteiger partial charge in [0.1, 0.15) is 10.2 Å². The second-order valence-corrected chi connectivity index (χ2v) is 7.69. The van der Waals surface area contributed by atoms with Crippen LogP contribution in [0.2, 0.25) is 9.36 Å². The monoisotopic (exact) mass is 430 g/mol. The molecule has 0 saturated heterocycles. The number of hydrogen-bond donors (Lipinski definition) is 0. The minimum absolute atomic E-state index is 0.0132. The van der Waals surface area contributed by atoms with Crippen molar-refractivity contribution in [3.05, 3.63) is 54.4 Å². The van der Waals surface area contributed by atoms with Crippen LogP contribution in [0.25, 0.3) is 0 Å². The number of thiophene rings is 1. The van der Waals surface area contributed by atoms with E-state index in [-0.39, 0.29) is 10.6 Å². The Morgan fingerprint density at radius 1 is 1.33 bits per heavy atom. The molecule has 0 fully saturated rings. The van der Waals surface area contributed by atoms with E-state index in [0.29, 0.717) is 21.3 Å². The fraction of sp³-hybridized carbons (Fsp3) is 0.167. The van der Waals surface area contributed by atoms with E-state index >= 15 is 0 Å². The Balaban J connectivity index is 2.23. The SMILES string of the molecule is Fc1cccc(Cl)c1CC(Br)c1cc(Br)c(Cl)s1. The standard InChI is InChI=1S/C12H7Br2Cl2FS/c13-7(11-5-8(14)12(16)18-11)4-6-9(15)2-1-3-10(6)17/h1-3,5,7H,4H2. The number of benzene rings is 1. The van der Waals surface area contributed by atoms with Crippen LogP contribution in [-0.4, -0.2) is 0 Å². The summed E-state index contributed by atoms with van der Waals surface area (Å²) in [6, 6.07) is 6.64. The van der Waals surface area contributed by atoms with Crippen LogP contribution in [0.1, 0.15) is 15.3 Å². The maximum atomic E-state index is 13.7. The average molecular weight is 433 g/mol. The predicted octanol–water partition coefficient (Wildman–Crippen LogP) is 6.64. The van der Waals surface area contributed by atoms with E-state index < -0.39 is 0 Å². The molecular weight excluding hydrogens is 426 g/mol. The van der Waals surface area contributed by atoms with Crippen molar-refractivity contribution in [1.82, 2.24) is 0 Å². The van der Waals surface area contributed by atoms with Gasteiger partial charge in [-0.2, -0.15) is 0 Å². The van der Waals surface area contributed by atoms with E-state index in [0.717, 1.165) is 9.35 Å². The van der Waals surface area contributed by atoms with E-state index in [2.05, 4.69) is 31.9 Å². The van der Waals surface area contributed by atoms with E-state index in [1.807, 2.05) is 6.07 Å². The second-order valence-electron chi connectivity index (χ2n) is 3.64. The highest BCUT2D eigenvalue weighted by Gasteiger charge is 2.17. The summed E-state index contributed by atoms with van der Waals surface area (Å²) in [6.07, 6.45) is 0.481. The Kier molecular flexibility index (Phi) is 5.12. The van der Waals surface area contributed by atoms with Crippen molar-refractivity contribution < 1.29 is 4.39 Å². The van der Waals surface area contributed by atoms with Crippen molar-refractivity contribution in [3.63, 3.8) is 0 Å². The van der Waals surface area contributed by atoms with Gasteiger partial charge in [0.25, 0.3) is 0 Å². The van der Waals surface area contributed by atoms with Crippen molar-refractivity contribution in [3.8, 4) is 0 Å². The van der Waals surface area contributed by atoms with E-state index in [1.165, 1.54) is 17.4 Å². The number of rotatable bonds is 3. The molecule has 0 nitrogen and oxygen atoms in total. The minimum atomic E-state index is -0.284. The Labute approximate surface area is 135 Å². The molecule has 0 saturated carbocycles. The molecule has 2 rings (SSSR count). The molecule has 0 radical (unpaired) electrons. The van der Waals surface area contributed by atoms with Crippen molar-refractivity contribution in [1.29, 1.82) is 0 Å². The predicted molar refractivity (Wildman–Crippen MR) is 83.8 cm³/mol. The normalized spacial score (nSPS) is 12.7. The zero-order valence-corrected chi connectivity index (χ0v) is 14.4. The lowest BCUT2D eigenvalue weighted by atomic mass is 10.1. The Hall–Kier alpha value is 0.390. The molecule has 2 aromatic rings. The van der Waals surface area contributed by atoms with Gasteiger partial charge in [0, 0.05) is 19.9 Å². The third kappa shape index (κ3) is 3.28. The highest BCUT2D eigenvalue weighted by molar-refractivity contribution is 9.10. The van der Waals surface area contributed by atoms with Gasteiger partial charge in [-0.3, -0.25) is 0 Å². The number of alkyl halides is 1. The van der Waals surface area contributed by atoms with Gasteiger partial charge in [-0.1, -0.05) is 45.2 Å². The maximum Gasteiger partial charge on any atom is 0.127 e. The Bertz CT molecular complexity index is 531. The zero-order chi connectivity index (χ0) is 13.3. The summed E-state index contributed by atoms with van der Waals surface area (Å²) in [4.78, 5) is 1.02. The fourth-order valence-electron chi connectivity index (χ4n) is 1.52. The van der Waals surface area contributed by atoms with Crippen LogP contribution >= 0.6 is 66.4 Å². The molecule has 1 atom stereocenters. The molecule has 0 amide bonds. The van der Waals surface area contributed by atoms with Gasteiger partial charge < -0.3 is 0 Å². The first-order chi connectivity index (χ1) is 8.49. The van der Waals surface area contributed by atoms with Crippen molar-refractivity contribution in [2.75, 3.05) is 0 Å². The summed E-state index contributed by atoms with van der Waals surface area (Å²) in [6.45, 7) is 0. The quantitative estimate of drug-likeness (QED) is 0.477. The summed E-state index contributed by atoms with van der Waals surface area (Å²) >= 11 is 20.4. The van der Waals surface area contributed by atoms with Crippen molar-refractivity contribution >= 4 is 66.4 Å². The van der Waals surface area contributed by atoms with Gasteiger partial charge in [0.15, 0.2) is 0 Å². The van der Waals surface area contributed by atoms with Crippen LogP contribution in [0.3, 0.4) is 0 Å². The van der Waals surface area contributed by atoms with Gasteiger partial charge >= 0.3 is 0 Å². The first-order valence-electron chi connectivity index (χ1n) is 5.00. The molecule has 96 valence electrons. The van der Waals surface area contributed by atoms with E-state index in [9.17, 15) is 4.39 Å². The fourth-order valence-corrected chi connectivity index (χ4v) is 4.22. The minimum Gasteiger partial charge on any atom is -0.207 e. The Morgan fingerprint density at radius 3 is 2.61 bits per heavy atom. The summed E-state index contributed by atoms with van der Waals surface area (Å²) in [5.41, 5.74) is 0.515. The van der Waals surface area contributed by atoms with Crippen LogP contribution in [0.4, 0.5) is 4.39 Å². The van der Waals surface area contributed by atoms with Crippen LogP contribution in [0.15, 0.2) is 28.7 Å². The smallest absolute Gasteiger partial charge is 0.127 e.